The van der Waals surface area contributed by atoms with E-state index < -0.39 is 0 Å². The van der Waals surface area contributed by atoms with Gasteiger partial charge in [-0.2, -0.15) is 5.10 Å². The number of anilines is 2. The van der Waals surface area contributed by atoms with Crippen molar-refractivity contribution in [2.75, 3.05) is 24.3 Å². The third kappa shape index (κ3) is 2.62. The predicted molar refractivity (Wildman–Crippen MR) is 88.0 cm³/mol. The van der Waals surface area contributed by atoms with Gasteiger partial charge in [-0.15, -0.1) is 0 Å². The van der Waals surface area contributed by atoms with Gasteiger partial charge in [-0.1, -0.05) is 0 Å². The zero-order chi connectivity index (χ0) is 15.0. The van der Waals surface area contributed by atoms with E-state index in [-0.39, 0.29) is 0 Å². The number of hydrogen-bond donors (Lipinski definition) is 1. The van der Waals surface area contributed by atoms with Crippen molar-refractivity contribution in [3.8, 4) is 0 Å². The van der Waals surface area contributed by atoms with Crippen LogP contribution in [0, 0.1) is 6.92 Å². The second kappa shape index (κ2) is 5.43. The van der Waals surface area contributed by atoms with Crippen LogP contribution in [-0.4, -0.2) is 23.9 Å². The molecule has 1 atom stereocenters. The number of nitrogens with zero attached hydrogens (tertiary/aromatic N) is 3. The topological polar surface area (TPSA) is 33.1 Å². The zero-order valence-corrected chi connectivity index (χ0v) is 13.3. The van der Waals surface area contributed by atoms with Gasteiger partial charge in [0.1, 0.15) is 0 Å². The molecular formula is C17H24N4. The molecule has 0 saturated carbocycles. The summed E-state index contributed by atoms with van der Waals surface area (Å²) < 4.78 is 2.02. The van der Waals surface area contributed by atoms with Crippen LogP contribution in [0.4, 0.5) is 11.4 Å². The van der Waals surface area contributed by atoms with E-state index in [4.69, 9.17) is 0 Å². The van der Waals surface area contributed by atoms with Crippen molar-refractivity contribution in [1.29, 1.82) is 0 Å². The Kier molecular flexibility index (Phi) is 3.62. The molecule has 1 aromatic carbocycles. The highest BCUT2D eigenvalue weighted by Gasteiger charge is 2.23. The number of aromatic nitrogens is 2. The van der Waals surface area contributed by atoms with Crippen molar-refractivity contribution in [2.45, 2.75) is 32.2 Å². The lowest BCUT2D eigenvalue weighted by molar-refractivity contribution is 0.571. The maximum atomic E-state index is 4.42. The molecule has 1 aliphatic carbocycles. The molecule has 0 fully saturated rings. The second-order valence-electron chi connectivity index (χ2n) is 6.15. The highest BCUT2D eigenvalue weighted by molar-refractivity contribution is 5.60. The quantitative estimate of drug-likeness (QED) is 0.939. The molecule has 3 rings (SSSR count). The minimum absolute atomic E-state index is 0.381. The molecule has 21 heavy (non-hydrogen) atoms. The van der Waals surface area contributed by atoms with Crippen molar-refractivity contribution in [1.82, 2.24) is 9.78 Å². The lowest BCUT2D eigenvalue weighted by Gasteiger charge is -2.26. The first-order chi connectivity index (χ1) is 10.1. The molecule has 4 nitrogen and oxygen atoms in total. The molecule has 1 aliphatic rings. The molecule has 112 valence electrons. The summed E-state index contributed by atoms with van der Waals surface area (Å²) in [5.74, 6) is 0. The molecule has 0 bridgehead atoms. The standard InChI is InChI=1S/C17H24N4/c1-12-10-13(20(2)3)8-9-15(12)19-16-6-5-7-17-14(16)11-18-21(17)4/h8-11,16,19H,5-7H2,1-4H3. The van der Waals surface area contributed by atoms with E-state index in [0.29, 0.717) is 6.04 Å². The van der Waals surface area contributed by atoms with Crippen LogP contribution in [0.5, 0.6) is 0 Å². The Bertz CT molecular complexity index is 642. The highest BCUT2D eigenvalue weighted by Crippen LogP contribution is 2.33. The van der Waals surface area contributed by atoms with Crippen LogP contribution in [0.1, 0.15) is 35.7 Å². The predicted octanol–water partition coefficient (Wildman–Crippen LogP) is 3.28. The molecule has 0 aliphatic heterocycles. The largest absolute Gasteiger partial charge is 0.378 e. The van der Waals surface area contributed by atoms with Crippen LogP contribution in [0.25, 0.3) is 0 Å². The molecule has 1 heterocycles. The van der Waals surface area contributed by atoms with Gasteiger partial charge in [-0.25, -0.2) is 0 Å². The van der Waals surface area contributed by atoms with Crippen molar-refractivity contribution in [3.05, 3.63) is 41.2 Å². The third-order valence-corrected chi connectivity index (χ3v) is 4.43. The SMILES string of the molecule is Cc1cc(N(C)C)ccc1NC1CCCc2c1cnn2C. The van der Waals surface area contributed by atoms with Crippen LogP contribution < -0.4 is 10.2 Å². The van der Waals surface area contributed by atoms with Crippen LogP contribution in [0.15, 0.2) is 24.4 Å². The van der Waals surface area contributed by atoms with Crippen LogP contribution >= 0.6 is 0 Å². The summed E-state index contributed by atoms with van der Waals surface area (Å²) in [4.78, 5) is 2.14. The van der Waals surface area contributed by atoms with Gasteiger partial charge in [0, 0.05) is 43.8 Å². The summed E-state index contributed by atoms with van der Waals surface area (Å²) in [6.07, 6.45) is 5.56. The van der Waals surface area contributed by atoms with Gasteiger partial charge in [-0.05, 0) is 49.9 Å². The Morgan fingerprint density at radius 2 is 2.14 bits per heavy atom. The summed E-state index contributed by atoms with van der Waals surface area (Å²) in [6.45, 7) is 2.17. The molecule has 0 spiro atoms. The van der Waals surface area contributed by atoms with Gasteiger partial charge in [-0.3, -0.25) is 4.68 Å². The van der Waals surface area contributed by atoms with Crippen LogP contribution in [-0.2, 0) is 13.5 Å². The first-order valence-corrected chi connectivity index (χ1v) is 7.61. The van der Waals surface area contributed by atoms with E-state index in [0.717, 1.165) is 6.42 Å². The molecule has 2 aromatic rings. The van der Waals surface area contributed by atoms with E-state index in [1.807, 2.05) is 17.9 Å². The number of rotatable bonds is 3. The number of hydrogen-bond acceptors (Lipinski definition) is 3. The molecule has 1 N–H and O–H groups in total. The van der Waals surface area contributed by atoms with Gasteiger partial charge >= 0.3 is 0 Å². The van der Waals surface area contributed by atoms with Crippen molar-refractivity contribution in [3.63, 3.8) is 0 Å². The van der Waals surface area contributed by atoms with E-state index in [9.17, 15) is 0 Å². The summed E-state index contributed by atoms with van der Waals surface area (Å²) in [6, 6.07) is 6.97. The minimum atomic E-state index is 0.381. The first-order valence-electron chi connectivity index (χ1n) is 7.61. The Morgan fingerprint density at radius 1 is 1.33 bits per heavy atom. The average Bonchev–Trinajstić information content (AvgIpc) is 2.84. The summed E-state index contributed by atoms with van der Waals surface area (Å²) in [5, 5.41) is 8.13. The monoisotopic (exact) mass is 284 g/mol. The fraction of sp³-hybridized carbons (Fsp3) is 0.471. The third-order valence-electron chi connectivity index (χ3n) is 4.43. The van der Waals surface area contributed by atoms with Gasteiger partial charge in [0.2, 0.25) is 0 Å². The smallest absolute Gasteiger partial charge is 0.0547 e. The Morgan fingerprint density at radius 3 is 2.86 bits per heavy atom. The average molecular weight is 284 g/mol. The summed E-state index contributed by atoms with van der Waals surface area (Å²) in [7, 11) is 6.19. The molecule has 0 radical (unpaired) electrons. The van der Waals surface area contributed by atoms with Gasteiger partial charge < -0.3 is 10.2 Å². The van der Waals surface area contributed by atoms with Gasteiger partial charge in [0.05, 0.1) is 12.2 Å². The molecule has 1 unspecified atom stereocenters. The van der Waals surface area contributed by atoms with Gasteiger partial charge in [0.15, 0.2) is 0 Å². The first kappa shape index (κ1) is 14.0. The zero-order valence-electron chi connectivity index (χ0n) is 13.3. The molecular weight excluding hydrogens is 260 g/mol. The maximum Gasteiger partial charge on any atom is 0.0547 e. The number of aryl methyl sites for hydroxylation is 2. The molecule has 4 heteroatoms. The fourth-order valence-corrected chi connectivity index (χ4v) is 3.13. The summed E-state index contributed by atoms with van der Waals surface area (Å²) in [5.41, 5.74) is 6.49. The summed E-state index contributed by atoms with van der Waals surface area (Å²) >= 11 is 0. The Balaban J connectivity index is 1.85. The maximum absolute atomic E-state index is 4.42. The Labute approximate surface area is 126 Å². The lowest BCUT2D eigenvalue weighted by Crippen LogP contribution is -2.18. The lowest BCUT2D eigenvalue weighted by atomic mass is 9.92. The Hall–Kier alpha value is -1.97. The number of benzene rings is 1. The van der Waals surface area contributed by atoms with Crippen molar-refractivity contribution < 1.29 is 0 Å². The van der Waals surface area contributed by atoms with Crippen molar-refractivity contribution >= 4 is 11.4 Å². The fourth-order valence-electron chi connectivity index (χ4n) is 3.13. The number of nitrogens with one attached hydrogen (secondary N) is 1. The van der Waals surface area contributed by atoms with Gasteiger partial charge in [0.25, 0.3) is 0 Å². The molecule has 0 saturated heterocycles. The normalized spacial score (nSPS) is 17.4. The van der Waals surface area contributed by atoms with E-state index in [1.54, 1.807) is 0 Å². The van der Waals surface area contributed by atoms with E-state index in [2.05, 4.69) is 54.5 Å². The number of fused-ring (bicyclic) bond motifs is 1. The molecule has 1 aromatic heterocycles. The second-order valence-corrected chi connectivity index (χ2v) is 6.15. The minimum Gasteiger partial charge on any atom is -0.378 e. The van der Waals surface area contributed by atoms with Crippen molar-refractivity contribution in [2.24, 2.45) is 7.05 Å². The highest BCUT2D eigenvalue weighted by atomic mass is 15.3. The van der Waals surface area contributed by atoms with E-state index >= 15 is 0 Å². The molecule has 0 amide bonds. The van der Waals surface area contributed by atoms with Crippen LogP contribution in [0.3, 0.4) is 0 Å². The van der Waals surface area contributed by atoms with E-state index in [1.165, 1.54) is 41.0 Å². The van der Waals surface area contributed by atoms with Crippen LogP contribution in [0.2, 0.25) is 0 Å².